The number of epoxide rings is 2. The van der Waals surface area contributed by atoms with Gasteiger partial charge in [0, 0.05) is 24.0 Å². The first kappa shape index (κ1) is 12.8. The highest BCUT2D eigenvalue weighted by atomic mass is 16.7. The zero-order valence-corrected chi connectivity index (χ0v) is 12.1. The number of esters is 1. The van der Waals surface area contributed by atoms with Crippen LogP contribution < -0.4 is 0 Å². The SMILES string of the molecule is CC1=C2CC3O[C@]3(C)CCC3O[C@@]3(C)C[C@]2(O)OC1=O. The zero-order chi connectivity index (χ0) is 14.3. The predicted octanol–water partition coefficient (Wildman–Crippen LogP) is 1.44. The molecule has 5 nitrogen and oxygen atoms in total. The Kier molecular flexibility index (Phi) is 2.21. The second-order valence-electron chi connectivity index (χ2n) is 7.04. The third-order valence-corrected chi connectivity index (χ3v) is 5.45. The largest absolute Gasteiger partial charge is 0.426 e. The van der Waals surface area contributed by atoms with Gasteiger partial charge in [-0.25, -0.2) is 4.79 Å². The molecule has 0 spiro atoms. The molecule has 2 saturated heterocycles. The Balaban J connectivity index is 1.72. The van der Waals surface area contributed by atoms with Crippen LogP contribution in [0.3, 0.4) is 0 Å². The number of fused-ring (bicyclic) bond motifs is 3. The Morgan fingerprint density at radius 2 is 1.90 bits per heavy atom. The number of hydrogen-bond donors (Lipinski definition) is 1. The topological polar surface area (TPSA) is 71.6 Å². The minimum absolute atomic E-state index is 0.0663. The Hall–Kier alpha value is -0.910. The van der Waals surface area contributed by atoms with Crippen molar-refractivity contribution in [1.29, 1.82) is 0 Å². The maximum atomic E-state index is 11.8. The molecule has 0 radical (unpaired) electrons. The van der Waals surface area contributed by atoms with Gasteiger partial charge in [-0.15, -0.1) is 0 Å². The van der Waals surface area contributed by atoms with Crippen molar-refractivity contribution in [1.82, 2.24) is 0 Å². The molecule has 0 bridgehead atoms. The Bertz CT molecular complexity index is 540. The molecule has 0 aromatic rings. The van der Waals surface area contributed by atoms with E-state index < -0.39 is 17.4 Å². The van der Waals surface area contributed by atoms with Gasteiger partial charge in [0.15, 0.2) is 0 Å². The molecule has 2 unspecified atom stereocenters. The normalized spacial score (nSPS) is 53.7. The van der Waals surface area contributed by atoms with Crippen molar-refractivity contribution >= 4 is 5.97 Å². The lowest BCUT2D eigenvalue weighted by molar-refractivity contribution is -0.188. The lowest BCUT2D eigenvalue weighted by Gasteiger charge is -2.27. The molecule has 1 N–H and O–H groups in total. The fourth-order valence-corrected chi connectivity index (χ4v) is 3.82. The van der Waals surface area contributed by atoms with E-state index in [1.807, 2.05) is 6.92 Å². The van der Waals surface area contributed by atoms with Gasteiger partial charge in [0.05, 0.1) is 23.4 Å². The van der Waals surface area contributed by atoms with E-state index in [-0.39, 0.29) is 17.8 Å². The van der Waals surface area contributed by atoms with Crippen molar-refractivity contribution in [2.75, 3.05) is 0 Å². The minimum Gasteiger partial charge on any atom is -0.426 e. The minimum atomic E-state index is -1.52. The summed E-state index contributed by atoms with van der Waals surface area (Å²) in [5.41, 5.74) is 0.646. The number of carbonyl (C=O) groups is 1. The summed E-state index contributed by atoms with van der Waals surface area (Å²) >= 11 is 0. The van der Waals surface area contributed by atoms with Crippen molar-refractivity contribution in [2.45, 2.75) is 75.7 Å². The highest BCUT2D eigenvalue weighted by Gasteiger charge is 2.64. The second-order valence-corrected chi connectivity index (χ2v) is 7.04. The summed E-state index contributed by atoms with van der Waals surface area (Å²) in [6.07, 6.45) is 2.93. The molecule has 4 rings (SSSR count). The van der Waals surface area contributed by atoms with Gasteiger partial charge in [-0.05, 0) is 33.6 Å². The van der Waals surface area contributed by atoms with Crippen molar-refractivity contribution in [3.8, 4) is 0 Å². The predicted molar refractivity (Wildman–Crippen MR) is 68.8 cm³/mol. The number of hydrogen-bond acceptors (Lipinski definition) is 5. The van der Waals surface area contributed by atoms with Crippen molar-refractivity contribution in [3.63, 3.8) is 0 Å². The maximum Gasteiger partial charge on any atom is 0.336 e. The summed E-state index contributed by atoms with van der Waals surface area (Å²) in [6, 6.07) is 0. The summed E-state index contributed by atoms with van der Waals surface area (Å²) in [7, 11) is 0. The summed E-state index contributed by atoms with van der Waals surface area (Å²) in [6.45, 7) is 5.78. The van der Waals surface area contributed by atoms with E-state index in [1.54, 1.807) is 6.92 Å². The quantitative estimate of drug-likeness (QED) is 0.537. The molecule has 3 fully saturated rings. The summed E-state index contributed by atoms with van der Waals surface area (Å²) in [5.74, 6) is -1.94. The van der Waals surface area contributed by atoms with E-state index in [2.05, 4.69) is 6.92 Å². The van der Waals surface area contributed by atoms with Crippen molar-refractivity contribution in [3.05, 3.63) is 11.1 Å². The third-order valence-electron chi connectivity index (χ3n) is 5.45. The molecule has 3 aliphatic heterocycles. The van der Waals surface area contributed by atoms with Gasteiger partial charge >= 0.3 is 5.97 Å². The van der Waals surface area contributed by atoms with Gasteiger partial charge in [-0.3, -0.25) is 0 Å². The van der Waals surface area contributed by atoms with E-state index in [0.29, 0.717) is 24.0 Å². The molecule has 3 heterocycles. The van der Waals surface area contributed by atoms with Crippen molar-refractivity contribution in [2.24, 2.45) is 0 Å². The van der Waals surface area contributed by atoms with Crippen LogP contribution >= 0.6 is 0 Å². The molecular formula is C15H20O5. The van der Waals surface area contributed by atoms with Crippen LogP contribution in [0.2, 0.25) is 0 Å². The van der Waals surface area contributed by atoms with Crippen LogP contribution in [0.1, 0.15) is 46.5 Å². The van der Waals surface area contributed by atoms with E-state index in [0.717, 1.165) is 12.8 Å². The van der Waals surface area contributed by atoms with Gasteiger partial charge < -0.3 is 19.3 Å². The van der Waals surface area contributed by atoms with Crippen LogP contribution in [0.5, 0.6) is 0 Å². The van der Waals surface area contributed by atoms with Gasteiger partial charge in [0.1, 0.15) is 0 Å². The first-order valence-electron chi connectivity index (χ1n) is 7.27. The van der Waals surface area contributed by atoms with Crippen LogP contribution in [0.25, 0.3) is 0 Å². The van der Waals surface area contributed by atoms with E-state index >= 15 is 0 Å². The van der Waals surface area contributed by atoms with Crippen LogP contribution in [-0.4, -0.2) is 40.3 Å². The lowest BCUT2D eigenvalue weighted by atomic mass is 9.83. The first-order chi connectivity index (χ1) is 9.26. The van der Waals surface area contributed by atoms with Crippen molar-refractivity contribution < 1.29 is 24.1 Å². The number of ether oxygens (including phenoxy) is 3. The molecule has 0 amide bonds. The van der Waals surface area contributed by atoms with Crippen LogP contribution in [-0.2, 0) is 19.0 Å². The maximum absolute atomic E-state index is 11.8. The average molecular weight is 280 g/mol. The lowest BCUT2D eigenvalue weighted by Crippen LogP contribution is -2.38. The van der Waals surface area contributed by atoms with Gasteiger partial charge in [-0.2, -0.15) is 0 Å². The van der Waals surface area contributed by atoms with Gasteiger partial charge in [0.2, 0.25) is 5.79 Å². The third kappa shape index (κ3) is 1.63. The molecule has 0 aromatic carbocycles. The zero-order valence-electron chi connectivity index (χ0n) is 12.1. The van der Waals surface area contributed by atoms with Gasteiger partial charge in [0.25, 0.3) is 0 Å². The molecule has 1 saturated carbocycles. The fourth-order valence-electron chi connectivity index (χ4n) is 3.82. The monoisotopic (exact) mass is 280 g/mol. The van der Waals surface area contributed by atoms with E-state index in [4.69, 9.17) is 14.2 Å². The second kappa shape index (κ2) is 3.46. The Morgan fingerprint density at radius 3 is 2.65 bits per heavy atom. The highest BCUT2D eigenvalue weighted by molar-refractivity contribution is 5.92. The molecule has 20 heavy (non-hydrogen) atoms. The summed E-state index contributed by atoms with van der Waals surface area (Å²) in [4.78, 5) is 11.8. The first-order valence-corrected chi connectivity index (χ1v) is 7.27. The van der Waals surface area contributed by atoms with E-state index in [9.17, 15) is 9.90 Å². The standard InChI is InChI=1S/C15H20O5/c1-8-9-6-11-13(2,19-11)5-4-10-14(3,18-10)7-15(9,17)20-12(8)16/h10-11,17H,4-7H2,1-3H3/t10?,11?,13-,14+,15+/m1/s1. The smallest absolute Gasteiger partial charge is 0.336 e. The average Bonchev–Trinajstić information content (AvgIpc) is 3.16. The molecule has 1 aliphatic carbocycles. The molecule has 0 aromatic heterocycles. The number of aliphatic hydroxyl groups is 1. The molecule has 4 aliphatic rings. The summed E-state index contributed by atoms with van der Waals surface area (Å²) < 4.78 is 16.8. The summed E-state index contributed by atoms with van der Waals surface area (Å²) in [5, 5.41) is 10.8. The van der Waals surface area contributed by atoms with Gasteiger partial charge in [-0.1, -0.05) is 0 Å². The van der Waals surface area contributed by atoms with E-state index in [1.165, 1.54) is 0 Å². The number of rotatable bonds is 0. The Labute approximate surface area is 117 Å². The molecule has 5 atom stereocenters. The Morgan fingerprint density at radius 1 is 1.20 bits per heavy atom. The fraction of sp³-hybridized carbons (Fsp3) is 0.800. The van der Waals surface area contributed by atoms with Crippen LogP contribution in [0.15, 0.2) is 11.1 Å². The van der Waals surface area contributed by atoms with Crippen LogP contribution in [0, 0.1) is 0 Å². The molecule has 5 heteroatoms. The number of carbonyl (C=O) groups excluding carboxylic acids is 1. The highest BCUT2D eigenvalue weighted by Crippen LogP contribution is 2.55. The molecule has 110 valence electrons. The van der Waals surface area contributed by atoms with Crippen LogP contribution in [0.4, 0.5) is 0 Å². The molecular weight excluding hydrogens is 260 g/mol.